The summed E-state index contributed by atoms with van der Waals surface area (Å²) in [7, 11) is -9.64. The van der Waals surface area contributed by atoms with E-state index < -0.39 is 84.1 Å². The monoisotopic (exact) mass is 672 g/mol. The molecular formula is C21H26N10O12P2. The predicted molar refractivity (Wildman–Crippen MR) is 145 cm³/mol. The van der Waals surface area contributed by atoms with E-state index in [1.54, 1.807) is 0 Å². The molecule has 2 bridgehead atoms. The summed E-state index contributed by atoms with van der Waals surface area (Å²) < 4.78 is 62.1. The highest BCUT2D eigenvalue weighted by Gasteiger charge is 2.53. The maximum absolute atomic E-state index is 13.2. The van der Waals surface area contributed by atoms with Gasteiger partial charge in [0.25, 0.3) is 0 Å². The van der Waals surface area contributed by atoms with Crippen molar-refractivity contribution >= 4 is 49.4 Å². The van der Waals surface area contributed by atoms with Gasteiger partial charge in [-0.25, -0.2) is 34.5 Å². The highest BCUT2D eigenvalue weighted by molar-refractivity contribution is 7.52. The van der Waals surface area contributed by atoms with Gasteiger partial charge in [0.1, 0.15) is 66.7 Å². The Hall–Kier alpha value is -3.24. The average Bonchev–Trinajstić information content (AvgIpc) is 3.74. The number of anilines is 2. The van der Waals surface area contributed by atoms with E-state index in [4.69, 9.17) is 39.2 Å². The molecule has 7 heterocycles. The highest BCUT2D eigenvalue weighted by atomic mass is 31.2. The van der Waals surface area contributed by atoms with Gasteiger partial charge in [0.05, 0.1) is 25.9 Å². The Morgan fingerprint density at radius 3 is 2.00 bits per heavy atom. The zero-order valence-corrected chi connectivity index (χ0v) is 24.5. The predicted octanol–water partition coefficient (Wildman–Crippen LogP) is -1.59. The number of imidazole rings is 2. The van der Waals surface area contributed by atoms with Crippen molar-refractivity contribution in [2.75, 3.05) is 31.0 Å². The van der Waals surface area contributed by atoms with Gasteiger partial charge < -0.3 is 45.7 Å². The third kappa shape index (κ3) is 5.47. The van der Waals surface area contributed by atoms with Crippen molar-refractivity contribution in [1.82, 2.24) is 39.0 Å². The summed E-state index contributed by atoms with van der Waals surface area (Å²) in [5.41, 5.74) is 12.4. The van der Waals surface area contributed by atoms with Crippen LogP contribution in [0.4, 0.5) is 11.6 Å². The van der Waals surface area contributed by atoms with Crippen molar-refractivity contribution in [1.29, 1.82) is 0 Å². The van der Waals surface area contributed by atoms with Gasteiger partial charge in [-0.15, -0.1) is 0 Å². The summed E-state index contributed by atoms with van der Waals surface area (Å²) in [5, 5.41) is 22.2. The first kappa shape index (κ1) is 30.4. The third-order valence-electron chi connectivity index (χ3n) is 7.42. The Labute approximate surface area is 251 Å². The van der Waals surface area contributed by atoms with Gasteiger partial charge >= 0.3 is 15.4 Å². The molecule has 24 heteroatoms. The lowest BCUT2D eigenvalue weighted by molar-refractivity contribution is -0.0639. The zero-order chi connectivity index (χ0) is 31.7. The number of nitrogens with zero attached hydrogens (tertiary/aromatic N) is 8. The van der Waals surface area contributed by atoms with Crippen molar-refractivity contribution in [3.8, 4) is 0 Å². The standard InChI is InChI=1S/C21H26N10O12P2/c22-16-10-18(26-3-24-16)30(5-28-10)20-13(33)14-9(41-20)1-38-7-44(34,35)42-15-12(32)8(2-39-45(36,37)43-14)40-21(15)31-6-29-11-17(23)25-4-27-19(11)31/h3-6,8-9,12-15,20-21,32-33H,1-2,7H2,(H,34,35)(H,36,37)(H2,22,24,26)(H2,23,25,27)/t8-,9-,12?,13+,14?,15+,20-,21-/m1/s1. The number of nitrogens with two attached hydrogens (primary N) is 2. The van der Waals surface area contributed by atoms with Crippen LogP contribution in [0.15, 0.2) is 25.3 Å². The van der Waals surface area contributed by atoms with E-state index >= 15 is 0 Å². The molecule has 8 N–H and O–H groups in total. The smallest absolute Gasteiger partial charge is 0.387 e. The summed E-state index contributed by atoms with van der Waals surface area (Å²) in [6.45, 7) is -1.27. The topological polar surface area (TPSA) is 310 Å². The Morgan fingerprint density at radius 1 is 0.756 bits per heavy atom. The first-order valence-corrected chi connectivity index (χ1v) is 16.4. The molecule has 7 rings (SSSR count). The van der Waals surface area contributed by atoms with Gasteiger partial charge in [0, 0.05) is 0 Å². The molecular weight excluding hydrogens is 646 g/mol. The van der Waals surface area contributed by atoms with Gasteiger partial charge in [0.2, 0.25) is 0 Å². The van der Waals surface area contributed by atoms with Gasteiger partial charge in [-0.1, -0.05) is 0 Å². The van der Waals surface area contributed by atoms with E-state index in [1.165, 1.54) is 28.1 Å². The minimum Gasteiger partial charge on any atom is -0.387 e. The molecule has 3 aliphatic rings. The number of phosphoric acid groups is 1. The van der Waals surface area contributed by atoms with Crippen LogP contribution in [0.1, 0.15) is 12.5 Å². The van der Waals surface area contributed by atoms with Crippen molar-refractivity contribution in [3.63, 3.8) is 0 Å². The summed E-state index contributed by atoms with van der Waals surface area (Å²) in [6, 6.07) is 0. The Balaban J connectivity index is 1.17. The molecule has 4 aromatic heterocycles. The molecule has 0 radical (unpaired) electrons. The molecule has 4 aromatic rings. The quantitative estimate of drug-likeness (QED) is 0.131. The number of hydrogen-bond acceptors (Lipinski definition) is 18. The van der Waals surface area contributed by atoms with Crippen LogP contribution in [0.2, 0.25) is 0 Å². The SMILES string of the molecule is Nc1ncnc2c1ncn2[C@@H]1O[C@@H]2COCP(=O)(O)O[C@H]3C(O)[C@@H](COP(=O)(O)OC2[C@@H]1O)O[C@H]3n1cnc2c(N)ncnc21. The van der Waals surface area contributed by atoms with Crippen LogP contribution in [0, 0.1) is 0 Å². The fourth-order valence-corrected chi connectivity index (χ4v) is 7.35. The van der Waals surface area contributed by atoms with Crippen LogP contribution in [0.5, 0.6) is 0 Å². The van der Waals surface area contributed by atoms with Crippen molar-refractivity contribution in [2.24, 2.45) is 0 Å². The molecule has 242 valence electrons. The van der Waals surface area contributed by atoms with E-state index in [9.17, 15) is 29.1 Å². The Bertz CT molecular complexity index is 1840. The minimum absolute atomic E-state index is 0.0449. The molecule has 0 amide bonds. The number of rotatable bonds is 2. The molecule has 0 saturated carbocycles. The first-order valence-electron chi connectivity index (χ1n) is 13.2. The number of ether oxygens (including phenoxy) is 3. The fraction of sp³-hybridized carbons (Fsp3) is 0.524. The molecule has 0 aliphatic carbocycles. The molecule has 10 atom stereocenters. The van der Waals surface area contributed by atoms with Crippen LogP contribution in [-0.2, 0) is 36.9 Å². The Morgan fingerprint density at radius 2 is 1.36 bits per heavy atom. The number of nitrogen functional groups attached to an aromatic ring is 2. The van der Waals surface area contributed by atoms with Gasteiger partial charge in [-0.2, -0.15) is 0 Å². The van der Waals surface area contributed by atoms with E-state index in [0.717, 1.165) is 6.33 Å². The summed E-state index contributed by atoms with van der Waals surface area (Å²) >= 11 is 0. The molecule has 3 aliphatic heterocycles. The molecule has 22 nitrogen and oxygen atoms in total. The number of aromatic nitrogens is 8. The number of fused-ring (bicyclic) bond motifs is 5. The highest BCUT2D eigenvalue weighted by Crippen LogP contribution is 2.52. The maximum Gasteiger partial charge on any atom is 0.472 e. The van der Waals surface area contributed by atoms with E-state index in [2.05, 4.69) is 29.9 Å². The molecule has 3 saturated heterocycles. The molecule has 0 spiro atoms. The van der Waals surface area contributed by atoms with Crippen LogP contribution in [0.25, 0.3) is 22.3 Å². The first-order chi connectivity index (χ1) is 21.4. The van der Waals surface area contributed by atoms with Gasteiger partial charge in [-0.05, 0) is 0 Å². The van der Waals surface area contributed by atoms with Crippen molar-refractivity contribution in [3.05, 3.63) is 25.3 Å². The van der Waals surface area contributed by atoms with E-state index in [0.29, 0.717) is 0 Å². The van der Waals surface area contributed by atoms with Crippen molar-refractivity contribution in [2.45, 2.75) is 49.1 Å². The van der Waals surface area contributed by atoms with Gasteiger partial charge in [0.15, 0.2) is 35.4 Å². The largest absolute Gasteiger partial charge is 0.472 e. The minimum atomic E-state index is -5.00. The number of aliphatic hydroxyl groups excluding tert-OH is 2. The fourth-order valence-electron chi connectivity index (χ4n) is 5.38. The Kier molecular flexibility index (Phi) is 7.59. The lowest BCUT2D eigenvalue weighted by Gasteiger charge is -2.26. The number of hydrogen-bond donors (Lipinski definition) is 6. The lowest BCUT2D eigenvalue weighted by Crippen LogP contribution is -2.38. The second-order valence-corrected chi connectivity index (χ2v) is 13.5. The second-order valence-electron chi connectivity index (χ2n) is 10.3. The van der Waals surface area contributed by atoms with Crippen LogP contribution in [-0.4, -0.2) is 115 Å². The zero-order valence-electron chi connectivity index (χ0n) is 22.7. The maximum atomic E-state index is 13.2. The summed E-state index contributed by atoms with van der Waals surface area (Å²) in [5.74, 6) is 0.111. The second kappa shape index (κ2) is 11.2. The molecule has 45 heavy (non-hydrogen) atoms. The molecule has 0 aromatic carbocycles. The summed E-state index contributed by atoms with van der Waals surface area (Å²) in [6.07, 6.45) is -7.74. The lowest BCUT2D eigenvalue weighted by atomic mass is 10.1. The van der Waals surface area contributed by atoms with E-state index in [-0.39, 0.29) is 34.0 Å². The summed E-state index contributed by atoms with van der Waals surface area (Å²) in [4.78, 5) is 45.6. The molecule has 4 unspecified atom stereocenters. The van der Waals surface area contributed by atoms with Crippen LogP contribution >= 0.6 is 15.4 Å². The normalized spacial score (nSPS) is 38.0. The number of phosphoric ester groups is 1. The number of aliphatic hydroxyl groups is 2. The van der Waals surface area contributed by atoms with Crippen LogP contribution in [0.3, 0.4) is 0 Å². The molecule has 3 fully saturated rings. The third-order valence-corrected chi connectivity index (χ3v) is 9.49. The van der Waals surface area contributed by atoms with E-state index in [1.807, 2.05) is 0 Å². The van der Waals surface area contributed by atoms with Crippen molar-refractivity contribution < 1.29 is 56.9 Å². The average molecular weight is 672 g/mol. The van der Waals surface area contributed by atoms with Gasteiger partial charge in [-0.3, -0.25) is 27.3 Å². The van der Waals surface area contributed by atoms with Crippen LogP contribution < -0.4 is 11.5 Å².